The van der Waals surface area contributed by atoms with Crippen LogP contribution in [0.2, 0.25) is 0 Å². The van der Waals surface area contributed by atoms with Gasteiger partial charge in [0.1, 0.15) is 5.82 Å². The molecule has 1 unspecified atom stereocenters. The molecular formula is C17H18FNO2. The number of aryl methyl sites for hydroxylation is 1. The van der Waals surface area contributed by atoms with Crippen molar-refractivity contribution in [1.29, 1.82) is 0 Å². The van der Waals surface area contributed by atoms with Gasteiger partial charge in [-0.1, -0.05) is 30.3 Å². The summed E-state index contributed by atoms with van der Waals surface area (Å²) in [6, 6.07) is 12.4. The van der Waals surface area contributed by atoms with Crippen LogP contribution in [0.15, 0.2) is 42.5 Å². The van der Waals surface area contributed by atoms with Gasteiger partial charge in [0.25, 0.3) is 0 Å². The maximum absolute atomic E-state index is 13.6. The van der Waals surface area contributed by atoms with Crippen LogP contribution >= 0.6 is 0 Å². The Bertz CT molecular complexity index is 655. The first-order valence-electron chi connectivity index (χ1n) is 6.79. The molecule has 110 valence electrons. The van der Waals surface area contributed by atoms with Gasteiger partial charge in [0, 0.05) is 12.6 Å². The van der Waals surface area contributed by atoms with Crippen molar-refractivity contribution in [3.8, 4) is 0 Å². The Morgan fingerprint density at radius 1 is 1.29 bits per heavy atom. The topological polar surface area (TPSA) is 49.3 Å². The molecule has 2 aromatic carbocycles. The summed E-state index contributed by atoms with van der Waals surface area (Å²) in [7, 11) is 0. The number of halogens is 1. The second-order valence-electron chi connectivity index (χ2n) is 5.08. The summed E-state index contributed by atoms with van der Waals surface area (Å²) in [4.78, 5) is 10.8. The molecular weight excluding hydrogens is 269 g/mol. The molecule has 0 saturated heterocycles. The Balaban J connectivity index is 2.05. The molecule has 0 aliphatic carbocycles. The maximum atomic E-state index is 13.6. The van der Waals surface area contributed by atoms with Crippen molar-refractivity contribution in [3.63, 3.8) is 0 Å². The first-order valence-corrected chi connectivity index (χ1v) is 6.79. The van der Waals surface area contributed by atoms with E-state index in [1.165, 1.54) is 23.3 Å². The Morgan fingerprint density at radius 3 is 2.62 bits per heavy atom. The predicted octanol–water partition coefficient (Wildman–Crippen LogP) is 3.68. The Labute approximate surface area is 123 Å². The molecule has 0 aliphatic heterocycles. The van der Waals surface area contributed by atoms with Crippen LogP contribution in [0.4, 0.5) is 4.39 Å². The lowest BCUT2D eigenvalue weighted by Gasteiger charge is -2.16. The summed E-state index contributed by atoms with van der Waals surface area (Å²) in [5.41, 5.74) is 2.81. The maximum Gasteiger partial charge on any atom is 0.338 e. The third-order valence-corrected chi connectivity index (χ3v) is 3.53. The largest absolute Gasteiger partial charge is 0.478 e. The number of hydrogen-bond donors (Lipinski definition) is 2. The molecule has 0 heterocycles. The highest BCUT2D eigenvalue weighted by atomic mass is 19.1. The van der Waals surface area contributed by atoms with Gasteiger partial charge in [-0.3, -0.25) is 0 Å². The van der Waals surface area contributed by atoms with E-state index in [1.54, 1.807) is 6.07 Å². The Kier molecular flexibility index (Phi) is 4.70. The average Bonchev–Trinajstić information content (AvgIpc) is 2.45. The summed E-state index contributed by atoms with van der Waals surface area (Å²) in [6.07, 6.45) is 0. The highest BCUT2D eigenvalue weighted by Gasteiger charge is 2.11. The van der Waals surface area contributed by atoms with Crippen LogP contribution in [0.25, 0.3) is 0 Å². The summed E-state index contributed by atoms with van der Waals surface area (Å²) >= 11 is 0. The van der Waals surface area contributed by atoms with Crippen LogP contribution in [0.5, 0.6) is 0 Å². The number of carboxylic acid groups (broad SMARTS) is 1. The minimum atomic E-state index is -1.25. The van der Waals surface area contributed by atoms with Crippen LogP contribution in [-0.4, -0.2) is 11.1 Å². The van der Waals surface area contributed by atoms with Crippen molar-refractivity contribution in [2.75, 3.05) is 0 Å². The summed E-state index contributed by atoms with van der Waals surface area (Å²) < 4.78 is 13.6. The molecule has 0 radical (unpaired) electrons. The molecule has 2 rings (SSSR count). The van der Waals surface area contributed by atoms with Gasteiger partial charge < -0.3 is 10.4 Å². The molecule has 0 spiro atoms. The average molecular weight is 287 g/mol. The minimum absolute atomic E-state index is 0.133. The SMILES string of the molecule is Cc1ccccc1C(C)NCc1ccc(C(=O)O)c(F)c1. The number of benzene rings is 2. The molecule has 0 aliphatic rings. The predicted molar refractivity (Wildman–Crippen MR) is 79.8 cm³/mol. The molecule has 3 nitrogen and oxygen atoms in total. The van der Waals surface area contributed by atoms with Crippen molar-refractivity contribution in [3.05, 3.63) is 70.5 Å². The summed E-state index contributed by atoms with van der Waals surface area (Å²) in [6.45, 7) is 4.57. The summed E-state index contributed by atoms with van der Waals surface area (Å²) in [5.74, 6) is -1.95. The lowest BCUT2D eigenvalue weighted by atomic mass is 10.0. The Hall–Kier alpha value is -2.20. The van der Waals surface area contributed by atoms with Crippen LogP contribution in [0.1, 0.15) is 40.0 Å². The lowest BCUT2D eigenvalue weighted by molar-refractivity contribution is 0.0692. The monoisotopic (exact) mass is 287 g/mol. The van der Waals surface area contributed by atoms with Gasteiger partial charge in [-0.25, -0.2) is 9.18 Å². The quantitative estimate of drug-likeness (QED) is 0.882. The van der Waals surface area contributed by atoms with Crippen LogP contribution in [0, 0.1) is 12.7 Å². The van der Waals surface area contributed by atoms with Crippen LogP contribution in [0.3, 0.4) is 0 Å². The highest BCUT2D eigenvalue weighted by molar-refractivity contribution is 5.87. The highest BCUT2D eigenvalue weighted by Crippen LogP contribution is 2.18. The molecule has 0 amide bonds. The van der Waals surface area contributed by atoms with E-state index >= 15 is 0 Å². The van der Waals surface area contributed by atoms with E-state index in [0.717, 1.165) is 5.56 Å². The number of carboxylic acids is 1. The van der Waals surface area contributed by atoms with E-state index in [1.807, 2.05) is 19.1 Å². The zero-order valence-corrected chi connectivity index (χ0v) is 12.1. The first kappa shape index (κ1) is 15.2. The molecule has 1 atom stereocenters. The minimum Gasteiger partial charge on any atom is -0.478 e. The van der Waals surface area contributed by atoms with Crippen LogP contribution in [-0.2, 0) is 6.54 Å². The third-order valence-electron chi connectivity index (χ3n) is 3.53. The van der Waals surface area contributed by atoms with E-state index < -0.39 is 11.8 Å². The van der Waals surface area contributed by atoms with Crippen molar-refractivity contribution >= 4 is 5.97 Å². The van der Waals surface area contributed by atoms with E-state index in [-0.39, 0.29) is 11.6 Å². The number of nitrogens with one attached hydrogen (secondary N) is 1. The van der Waals surface area contributed by atoms with Crippen molar-refractivity contribution in [1.82, 2.24) is 5.32 Å². The molecule has 4 heteroatoms. The van der Waals surface area contributed by atoms with E-state index in [4.69, 9.17) is 5.11 Å². The Morgan fingerprint density at radius 2 is 2.00 bits per heavy atom. The molecule has 0 aromatic heterocycles. The van der Waals surface area contributed by atoms with Gasteiger partial charge in [0.15, 0.2) is 0 Å². The normalized spacial score (nSPS) is 12.1. The van der Waals surface area contributed by atoms with E-state index in [0.29, 0.717) is 6.54 Å². The fourth-order valence-electron chi connectivity index (χ4n) is 2.30. The van der Waals surface area contributed by atoms with Gasteiger partial charge >= 0.3 is 5.97 Å². The van der Waals surface area contributed by atoms with E-state index in [2.05, 4.69) is 24.4 Å². The van der Waals surface area contributed by atoms with Gasteiger partial charge in [0.2, 0.25) is 0 Å². The lowest BCUT2D eigenvalue weighted by Crippen LogP contribution is -2.19. The van der Waals surface area contributed by atoms with Crippen LogP contribution < -0.4 is 5.32 Å². The summed E-state index contributed by atoms with van der Waals surface area (Å²) in [5, 5.41) is 12.1. The standard InChI is InChI=1S/C17H18FNO2/c1-11-5-3-4-6-14(11)12(2)19-10-13-7-8-15(17(20)21)16(18)9-13/h3-9,12,19H,10H2,1-2H3,(H,20,21). The van der Waals surface area contributed by atoms with Gasteiger partial charge in [-0.2, -0.15) is 0 Å². The molecule has 2 N–H and O–H groups in total. The zero-order chi connectivity index (χ0) is 15.4. The first-order chi connectivity index (χ1) is 9.99. The van der Waals surface area contributed by atoms with E-state index in [9.17, 15) is 9.18 Å². The van der Waals surface area contributed by atoms with Gasteiger partial charge in [-0.15, -0.1) is 0 Å². The van der Waals surface area contributed by atoms with Crippen molar-refractivity contribution in [2.45, 2.75) is 26.4 Å². The second kappa shape index (κ2) is 6.50. The molecule has 0 bridgehead atoms. The zero-order valence-electron chi connectivity index (χ0n) is 12.1. The van der Waals surface area contributed by atoms with Gasteiger partial charge in [0.05, 0.1) is 5.56 Å². The number of carbonyl (C=O) groups is 1. The fraction of sp³-hybridized carbons (Fsp3) is 0.235. The molecule has 2 aromatic rings. The molecule has 0 saturated carbocycles. The smallest absolute Gasteiger partial charge is 0.338 e. The molecule has 21 heavy (non-hydrogen) atoms. The number of rotatable bonds is 5. The number of hydrogen-bond acceptors (Lipinski definition) is 2. The van der Waals surface area contributed by atoms with Crippen molar-refractivity contribution in [2.24, 2.45) is 0 Å². The number of aromatic carboxylic acids is 1. The van der Waals surface area contributed by atoms with Crippen molar-refractivity contribution < 1.29 is 14.3 Å². The van der Waals surface area contributed by atoms with Gasteiger partial charge in [-0.05, 0) is 42.7 Å². The third kappa shape index (κ3) is 3.67. The molecule has 0 fully saturated rings. The second-order valence-corrected chi connectivity index (χ2v) is 5.08. The fourth-order valence-corrected chi connectivity index (χ4v) is 2.30.